The van der Waals surface area contributed by atoms with Gasteiger partial charge >= 0.3 is 0 Å². The van der Waals surface area contributed by atoms with E-state index in [1.165, 1.54) is 0 Å². The van der Waals surface area contributed by atoms with Crippen LogP contribution in [0.2, 0.25) is 0 Å². The van der Waals surface area contributed by atoms with E-state index in [1.807, 2.05) is 26.0 Å². The second-order valence-corrected chi connectivity index (χ2v) is 4.84. The van der Waals surface area contributed by atoms with Crippen LogP contribution < -0.4 is 10.5 Å². The molecule has 0 aliphatic carbocycles. The summed E-state index contributed by atoms with van der Waals surface area (Å²) >= 11 is 3.37. The standard InChI is InChI=1S/C13H13BrN2O/c1-8-3-9(2)5-11(4-8)17-13-12(14)6-10(15)7-16-13/h3-7H,15H2,1-2H3. The molecule has 1 heterocycles. The van der Waals surface area contributed by atoms with Gasteiger partial charge < -0.3 is 10.5 Å². The smallest absolute Gasteiger partial charge is 0.233 e. The molecule has 2 aromatic rings. The van der Waals surface area contributed by atoms with Crippen molar-refractivity contribution < 1.29 is 4.74 Å². The normalized spacial score (nSPS) is 10.3. The number of anilines is 1. The summed E-state index contributed by atoms with van der Waals surface area (Å²) in [6.45, 7) is 4.07. The number of rotatable bonds is 2. The van der Waals surface area contributed by atoms with Gasteiger partial charge in [-0.05, 0) is 59.1 Å². The lowest BCUT2D eigenvalue weighted by Gasteiger charge is -2.08. The molecule has 0 atom stereocenters. The average molecular weight is 293 g/mol. The highest BCUT2D eigenvalue weighted by molar-refractivity contribution is 9.10. The van der Waals surface area contributed by atoms with E-state index in [0.29, 0.717) is 11.6 Å². The minimum absolute atomic E-state index is 0.518. The summed E-state index contributed by atoms with van der Waals surface area (Å²) in [5, 5.41) is 0. The second kappa shape index (κ2) is 4.75. The lowest BCUT2D eigenvalue weighted by molar-refractivity contribution is 0.459. The van der Waals surface area contributed by atoms with Crippen molar-refractivity contribution in [3.8, 4) is 11.6 Å². The number of halogens is 1. The Morgan fingerprint density at radius 2 is 1.76 bits per heavy atom. The average Bonchev–Trinajstić information content (AvgIpc) is 2.21. The van der Waals surface area contributed by atoms with E-state index in [1.54, 1.807) is 12.3 Å². The monoisotopic (exact) mass is 292 g/mol. The van der Waals surface area contributed by atoms with Crippen LogP contribution in [-0.2, 0) is 0 Å². The molecule has 0 aliphatic rings. The molecule has 0 saturated carbocycles. The molecule has 3 nitrogen and oxygen atoms in total. The number of hydrogen-bond donors (Lipinski definition) is 1. The maximum absolute atomic E-state index is 5.71. The van der Waals surface area contributed by atoms with Crippen molar-refractivity contribution in [2.75, 3.05) is 5.73 Å². The highest BCUT2D eigenvalue weighted by atomic mass is 79.9. The first-order valence-electron chi connectivity index (χ1n) is 5.22. The van der Waals surface area contributed by atoms with Crippen molar-refractivity contribution in [2.24, 2.45) is 0 Å². The molecular weight excluding hydrogens is 280 g/mol. The van der Waals surface area contributed by atoms with Crippen molar-refractivity contribution in [1.82, 2.24) is 4.98 Å². The Labute approximate surface area is 109 Å². The quantitative estimate of drug-likeness (QED) is 0.915. The van der Waals surface area contributed by atoms with Gasteiger partial charge in [0.15, 0.2) is 0 Å². The van der Waals surface area contributed by atoms with Crippen molar-refractivity contribution in [3.05, 3.63) is 46.1 Å². The van der Waals surface area contributed by atoms with Crippen LogP contribution in [0.25, 0.3) is 0 Å². The van der Waals surface area contributed by atoms with Crippen LogP contribution in [0.4, 0.5) is 5.69 Å². The first-order valence-corrected chi connectivity index (χ1v) is 6.01. The van der Waals surface area contributed by atoms with Crippen LogP contribution >= 0.6 is 15.9 Å². The molecule has 1 aromatic carbocycles. The predicted octanol–water partition coefficient (Wildman–Crippen LogP) is 3.84. The minimum Gasteiger partial charge on any atom is -0.438 e. The van der Waals surface area contributed by atoms with E-state index in [4.69, 9.17) is 10.5 Å². The Morgan fingerprint density at radius 3 is 2.35 bits per heavy atom. The van der Waals surface area contributed by atoms with E-state index in [2.05, 4.69) is 27.0 Å². The number of nitrogen functional groups attached to an aromatic ring is 1. The molecule has 4 heteroatoms. The van der Waals surface area contributed by atoms with Crippen LogP contribution in [-0.4, -0.2) is 4.98 Å². The molecule has 0 unspecified atom stereocenters. The van der Waals surface area contributed by atoms with Gasteiger partial charge in [0.05, 0.1) is 16.4 Å². The predicted molar refractivity (Wildman–Crippen MR) is 72.3 cm³/mol. The Balaban J connectivity index is 2.31. The third-order valence-corrected chi connectivity index (χ3v) is 2.81. The maximum Gasteiger partial charge on any atom is 0.233 e. The number of ether oxygens (including phenoxy) is 1. The summed E-state index contributed by atoms with van der Waals surface area (Å²) in [7, 11) is 0. The van der Waals surface area contributed by atoms with Crippen LogP contribution in [0, 0.1) is 13.8 Å². The molecular formula is C13H13BrN2O. The van der Waals surface area contributed by atoms with Gasteiger partial charge in [0.25, 0.3) is 0 Å². The Morgan fingerprint density at radius 1 is 1.12 bits per heavy atom. The summed E-state index contributed by atoms with van der Waals surface area (Å²) in [5.41, 5.74) is 8.54. The molecule has 0 bridgehead atoms. The van der Waals surface area contributed by atoms with Crippen LogP contribution in [0.5, 0.6) is 11.6 Å². The van der Waals surface area contributed by atoms with Crippen LogP contribution in [0.3, 0.4) is 0 Å². The minimum atomic E-state index is 0.518. The van der Waals surface area contributed by atoms with Gasteiger partial charge in [-0.3, -0.25) is 0 Å². The summed E-state index contributed by atoms with van der Waals surface area (Å²) in [6, 6.07) is 7.80. The number of hydrogen-bond acceptors (Lipinski definition) is 3. The maximum atomic E-state index is 5.71. The third-order valence-electron chi connectivity index (χ3n) is 2.24. The van der Waals surface area contributed by atoms with Gasteiger partial charge in [-0.2, -0.15) is 0 Å². The molecule has 0 radical (unpaired) electrons. The van der Waals surface area contributed by atoms with E-state index in [9.17, 15) is 0 Å². The number of benzene rings is 1. The lowest BCUT2D eigenvalue weighted by Crippen LogP contribution is -1.93. The topological polar surface area (TPSA) is 48.1 Å². The highest BCUT2D eigenvalue weighted by Gasteiger charge is 2.05. The zero-order chi connectivity index (χ0) is 12.4. The summed E-state index contributed by atoms with van der Waals surface area (Å²) in [5.74, 6) is 1.30. The van der Waals surface area contributed by atoms with E-state index >= 15 is 0 Å². The fourth-order valence-electron chi connectivity index (χ4n) is 1.62. The molecule has 0 saturated heterocycles. The number of pyridine rings is 1. The van der Waals surface area contributed by atoms with Crippen molar-refractivity contribution >= 4 is 21.6 Å². The number of aromatic nitrogens is 1. The second-order valence-electron chi connectivity index (χ2n) is 3.98. The number of nitrogens with two attached hydrogens (primary N) is 1. The number of nitrogens with zero attached hydrogens (tertiary/aromatic N) is 1. The molecule has 0 spiro atoms. The Hall–Kier alpha value is -1.55. The van der Waals surface area contributed by atoms with Crippen molar-refractivity contribution in [1.29, 1.82) is 0 Å². The van der Waals surface area contributed by atoms with E-state index < -0.39 is 0 Å². The van der Waals surface area contributed by atoms with Gasteiger partial charge in [0.2, 0.25) is 5.88 Å². The first kappa shape index (κ1) is 11.9. The fraction of sp³-hybridized carbons (Fsp3) is 0.154. The Kier molecular flexibility index (Phi) is 3.33. The number of aryl methyl sites for hydroxylation is 2. The van der Waals surface area contributed by atoms with Gasteiger partial charge in [-0.15, -0.1) is 0 Å². The summed E-state index contributed by atoms with van der Waals surface area (Å²) < 4.78 is 6.46. The molecule has 0 aliphatic heterocycles. The lowest BCUT2D eigenvalue weighted by atomic mass is 10.1. The first-order chi connectivity index (χ1) is 8.04. The zero-order valence-electron chi connectivity index (χ0n) is 9.70. The molecule has 0 amide bonds. The third kappa shape index (κ3) is 2.97. The van der Waals surface area contributed by atoms with Crippen LogP contribution in [0.15, 0.2) is 34.9 Å². The molecule has 2 N–H and O–H groups in total. The van der Waals surface area contributed by atoms with E-state index in [0.717, 1.165) is 21.3 Å². The molecule has 2 rings (SSSR count). The molecule has 0 fully saturated rings. The van der Waals surface area contributed by atoms with Gasteiger partial charge in [-0.1, -0.05) is 6.07 Å². The molecule has 88 valence electrons. The van der Waals surface area contributed by atoms with Gasteiger partial charge in [0, 0.05) is 0 Å². The largest absolute Gasteiger partial charge is 0.438 e. The SMILES string of the molecule is Cc1cc(C)cc(Oc2ncc(N)cc2Br)c1. The van der Waals surface area contributed by atoms with Gasteiger partial charge in [0.1, 0.15) is 5.75 Å². The fourth-order valence-corrected chi connectivity index (χ4v) is 2.07. The van der Waals surface area contributed by atoms with Crippen molar-refractivity contribution in [2.45, 2.75) is 13.8 Å². The highest BCUT2D eigenvalue weighted by Crippen LogP contribution is 2.29. The molecule has 17 heavy (non-hydrogen) atoms. The van der Waals surface area contributed by atoms with E-state index in [-0.39, 0.29) is 0 Å². The van der Waals surface area contributed by atoms with Gasteiger partial charge in [-0.25, -0.2) is 4.98 Å². The van der Waals surface area contributed by atoms with Crippen LogP contribution in [0.1, 0.15) is 11.1 Å². The zero-order valence-corrected chi connectivity index (χ0v) is 11.3. The molecule has 1 aromatic heterocycles. The Bertz CT molecular complexity index is 535. The summed E-state index contributed by atoms with van der Waals surface area (Å²) in [6.07, 6.45) is 1.57. The van der Waals surface area contributed by atoms with Crippen molar-refractivity contribution in [3.63, 3.8) is 0 Å². The summed E-state index contributed by atoms with van der Waals surface area (Å²) in [4.78, 5) is 4.14.